The Labute approximate surface area is 125 Å². The Hall–Kier alpha value is -1.42. The molecular formula is C12H17N5O3S. The number of thioether (sulfide) groups is 1. The number of hydrogen-bond acceptors (Lipinski definition) is 8. The molecule has 4 atom stereocenters. The van der Waals surface area contributed by atoms with Crippen molar-refractivity contribution in [2.24, 2.45) is 0 Å². The molecule has 9 heteroatoms. The van der Waals surface area contributed by atoms with Gasteiger partial charge in [-0.2, -0.15) is 11.8 Å². The molecule has 4 unspecified atom stereocenters. The van der Waals surface area contributed by atoms with Crippen molar-refractivity contribution in [2.75, 3.05) is 18.1 Å². The predicted octanol–water partition coefficient (Wildman–Crippen LogP) is -0.219. The fraction of sp³-hybridized carbons (Fsp3) is 0.583. The van der Waals surface area contributed by atoms with Gasteiger partial charge >= 0.3 is 0 Å². The summed E-state index contributed by atoms with van der Waals surface area (Å²) in [6.07, 6.45) is 1.04. The molecule has 4 N–H and O–H groups in total. The van der Waals surface area contributed by atoms with Crippen LogP contribution in [-0.2, 0) is 4.74 Å². The fourth-order valence-electron chi connectivity index (χ4n) is 2.55. The standard InChI is InChI=1S/C12H17N5O3S/c1-2-21-9-6(3-18)20-12(8(9)19)17-5-16-7-10(13)14-4-15-11(7)17/h4-6,8-9,12,18-19H,2-3H2,1H3,(H2,13,14,15). The van der Waals surface area contributed by atoms with Crippen molar-refractivity contribution < 1.29 is 14.9 Å². The molecule has 0 radical (unpaired) electrons. The third kappa shape index (κ3) is 2.35. The van der Waals surface area contributed by atoms with Crippen LogP contribution in [0, 0.1) is 0 Å². The van der Waals surface area contributed by atoms with E-state index >= 15 is 0 Å². The first kappa shape index (κ1) is 14.5. The van der Waals surface area contributed by atoms with E-state index in [1.165, 1.54) is 12.7 Å². The molecular weight excluding hydrogens is 294 g/mol. The number of ether oxygens (including phenoxy) is 1. The first-order valence-electron chi connectivity index (χ1n) is 6.66. The topological polar surface area (TPSA) is 119 Å². The molecule has 1 saturated heterocycles. The summed E-state index contributed by atoms with van der Waals surface area (Å²) < 4.78 is 7.42. The second-order valence-electron chi connectivity index (χ2n) is 4.74. The zero-order valence-corrected chi connectivity index (χ0v) is 12.3. The molecule has 0 saturated carbocycles. The number of nitrogens with zero attached hydrogens (tertiary/aromatic N) is 4. The monoisotopic (exact) mass is 311 g/mol. The number of aromatic nitrogens is 4. The summed E-state index contributed by atoms with van der Waals surface area (Å²) in [5.41, 5.74) is 6.73. The quantitative estimate of drug-likeness (QED) is 0.709. The summed E-state index contributed by atoms with van der Waals surface area (Å²) in [6, 6.07) is 0. The highest BCUT2D eigenvalue weighted by molar-refractivity contribution is 8.00. The van der Waals surface area contributed by atoms with Gasteiger partial charge in [0.25, 0.3) is 0 Å². The van der Waals surface area contributed by atoms with Crippen LogP contribution in [0.3, 0.4) is 0 Å². The number of aliphatic hydroxyl groups excluding tert-OH is 2. The number of nitrogens with two attached hydrogens (primary N) is 1. The van der Waals surface area contributed by atoms with Crippen LogP contribution in [0.4, 0.5) is 5.82 Å². The lowest BCUT2D eigenvalue weighted by molar-refractivity contribution is -0.0486. The van der Waals surface area contributed by atoms with Gasteiger partial charge in [-0.05, 0) is 5.75 Å². The van der Waals surface area contributed by atoms with Crippen LogP contribution >= 0.6 is 11.8 Å². The van der Waals surface area contributed by atoms with E-state index in [0.717, 1.165) is 5.75 Å². The highest BCUT2D eigenvalue weighted by Crippen LogP contribution is 2.37. The second kappa shape index (κ2) is 5.76. The van der Waals surface area contributed by atoms with Crippen molar-refractivity contribution in [1.29, 1.82) is 0 Å². The van der Waals surface area contributed by atoms with Crippen molar-refractivity contribution in [2.45, 2.75) is 30.6 Å². The lowest BCUT2D eigenvalue weighted by Gasteiger charge is -2.18. The summed E-state index contributed by atoms with van der Waals surface area (Å²) >= 11 is 1.56. The summed E-state index contributed by atoms with van der Waals surface area (Å²) in [5.74, 6) is 1.11. The number of hydrogen-bond donors (Lipinski definition) is 3. The summed E-state index contributed by atoms with van der Waals surface area (Å²) in [5, 5.41) is 19.7. The van der Waals surface area contributed by atoms with Gasteiger partial charge in [0.05, 0.1) is 24.3 Å². The Bertz CT molecular complexity index is 636. The van der Waals surface area contributed by atoms with Crippen LogP contribution < -0.4 is 5.73 Å². The molecule has 1 aliphatic rings. The van der Waals surface area contributed by atoms with Gasteiger partial charge in [-0.25, -0.2) is 15.0 Å². The smallest absolute Gasteiger partial charge is 0.167 e. The zero-order valence-electron chi connectivity index (χ0n) is 11.5. The van der Waals surface area contributed by atoms with E-state index in [9.17, 15) is 10.2 Å². The molecule has 0 amide bonds. The Morgan fingerprint density at radius 3 is 2.95 bits per heavy atom. The summed E-state index contributed by atoms with van der Waals surface area (Å²) in [6.45, 7) is 1.86. The highest BCUT2D eigenvalue weighted by atomic mass is 32.2. The van der Waals surface area contributed by atoms with E-state index in [-0.39, 0.29) is 17.7 Å². The lowest BCUT2D eigenvalue weighted by Crippen LogP contribution is -2.31. The molecule has 3 heterocycles. The van der Waals surface area contributed by atoms with E-state index in [1.807, 2.05) is 6.92 Å². The number of anilines is 1. The summed E-state index contributed by atoms with van der Waals surface area (Å²) in [4.78, 5) is 12.2. The third-order valence-corrected chi connectivity index (χ3v) is 4.81. The van der Waals surface area contributed by atoms with Gasteiger partial charge in [-0.3, -0.25) is 4.57 Å². The first-order valence-corrected chi connectivity index (χ1v) is 7.71. The number of nitrogen functional groups attached to an aromatic ring is 1. The van der Waals surface area contributed by atoms with Crippen LogP contribution in [0.5, 0.6) is 0 Å². The maximum atomic E-state index is 10.5. The minimum atomic E-state index is -0.763. The molecule has 2 aromatic rings. The molecule has 8 nitrogen and oxygen atoms in total. The van der Waals surface area contributed by atoms with Crippen molar-refractivity contribution in [3.8, 4) is 0 Å². The number of fused-ring (bicyclic) bond motifs is 1. The number of aliphatic hydroxyl groups is 2. The van der Waals surface area contributed by atoms with Crippen molar-refractivity contribution >= 4 is 28.7 Å². The van der Waals surface area contributed by atoms with Gasteiger partial charge in [0.2, 0.25) is 0 Å². The van der Waals surface area contributed by atoms with Crippen molar-refractivity contribution in [3.63, 3.8) is 0 Å². The molecule has 0 spiro atoms. The molecule has 0 aromatic carbocycles. The van der Waals surface area contributed by atoms with Gasteiger partial charge in [0.15, 0.2) is 17.7 Å². The Balaban J connectivity index is 1.97. The molecule has 114 valence electrons. The zero-order chi connectivity index (χ0) is 15.0. The Morgan fingerprint density at radius 2 is 2.24 bits per heavy atom. The molecule has 1 fully saturated rings. The minimum Gasteiger partial charge on any atom is -0.394 e. The van der Waals surface area contributed by atoms with Crippen molar-refractivity contribution in [1.82, 2.24) is 19.5 Å². The highest BCUT2D eigenvalue weighted by Gasteiger charge is 2.44. The van der Waals surface area contributed by atoms with Crippen LogP contribution in [-0.4, -0.2) is 59.5 Å². The van der Waals surface area contributed by atoms with E-state index in [0.29, 0.717) is 11.2 Å². The largest absolute Gasteiger partial charge is 0.394 e. The van der Waals surface area contributed by atoms with Crippen LogP contribution in [0.2, 0.25) is 0 Å². The predicted molar refractivity (Wildman–Crippen MR) is 78.7 cm³/mol. The van der Waals surface area contributed by atoms with E-state index in [2.05, 4.69) is 15.0 Å². The van der Waals surface area contributed by atoms with E-state index < -0.39 is 18.4 Å². The maximum Gasteiger partial charge on any atom is 0.167 e. The Kier molecular flexibility index (Phi) is 3.98. The normalized spacial score (nSPS) is 29.3. The van der Waals surface area contributed by atoms with E-state index in [4.69, 9.17) is 10.5 Å². The third-order valence-electron chi connectivity index (χ3n) is 3.51. The van der Waals surface area contributed by atoms with Gasteiger partial charge in [-0.1, -0.05) is 6.92 Å². The maximum absolute atomic E-state index is 10.5. The van der Waals surface area contributed by atoms with Crippen LogP contribution in [0.1, 0.15) is 13.2 Å². The molecule has 0 aliphatic carbocycles. The van der Waals surface area contributed by atoms with Crippen molar-refractivity contribution in [3.05, 3.63) is 12.7 Å². The molecule has 2 aromatic heterocycles. The Morgan fingerprint density at radius 1 is 1.43 bits per heavy atom. The molecule has 3 rings (SSSR count). The van der Waals surface area contributed by atoms with E-state index in [1.54, 1.807) is 16.3 Å². The van der Waals surface area contributed by atoms with Gasteiger partial charge in [0.1, 0.15) is 17.9 Å². The second-order valence-corrected chi connectivity index (χ2v) is 6.20. The average Bonchev–Trinajstić information content (AvgIpc) is 3.03. The minimum absolute atomic E-state index is 0.144. The molecule has 1 aliphatic heterocycles. The molecule has 0 bridgehead atoms. The van der Waals surface area contributed by atoms with Gasteiger partial charge in [0, 0.05) is 0 Å². The van der Waals surface area contributed by atoms with Gasteiger partial charge in [-0.15, -0.1) is 0 Å². The fourth-order valence-corrected chi connectivity index (χ4v) is 3.63. The summed E-state index contributed by atoms with van der Waals surface area (Å²) in [7, 11) is 0. The SMILES string of the molecule is CCSC1C(CO)OC(n2cnc3c(N)ncnc32)C1O. The van der Waals surface area contributed by atoms with Crippen LogP contribution in [0.15, 0.2) is 12.7 Å². The average molecular weight is 311 g/mol. The molecule has 21 heavy (non-hydrogen) atoms. The lowest BCUT2D eigenvalue weighted by atomic mass is 10.2. The first-order chi connectivity index (χ1) is 10.2. The van der Waals surface area contributed by atoms with Crippen LogP contribution in [0.25, 0.3) is 11.2 Å². The van der Waals surface area contributed by atoms with Gasteiger partial charge < -0.3 is 20.7 Å². The number of rotatable bonds is 4. The number of imidazole rings is 1.